The molecule has 3 aliphatic carbocycles. The maximum absolute atomic E-state index is 6.45. The molecule has 7 rings (SSSR count). The molecule has 1 atom stereocenters. The quantitative estimate of drug-likeness (QED) is 0.688. The van der Waals surface area contributed by atoms with Gasteiger partial charge in [0.2, 0.25) is 0 Å². The largest absolute Gasteiger partial charge is 0.264 e. The van der Waals surface area contributed by atoms with E-state index in [1.54, 1.807) is 11.3 Å². The van der Waals surface area contributed by atoms with E-state index in [2.05, 4.69) is 57.1 Å². The van der Waals surface area contributed by atoms with E-state index in [4.69, 9.17) is 4.84 Å². The van der Waals surface area contributed by atoms with Crippen LogP contribution in [0.1, 0.15) is 37.7 Å². The smallest absolute Gasteiger partial charge is 0.166 e. The van der Waals surface area contributed by atoms with Crippen molar-refractivity contribution < 1.29 is 4.84 Å². The van der Waals surface area contributed by atoms with E-state index in [1.165, 1.54) is 46.3 Å². The molecule has 4 fully saturated rings. The minimum atomic E-state index is -0.257. The average molecular weight is 393 g/mol. The monoisotopic (exact) mass is 392 g/mol. The summed E-state index contributed by atoms with van der Waals surface area (Å²) in [5.41, 5.74) is 4.25. The Labute approximate surface area is 168 Å². The Morgan fingerprint density at radius 3 is 2.79 bits per heavy atom. The predicted octanol–water partition coefficient (Wildman–Crippen LogP) is 4.88. The van der Waals surface area contributed by atoms with Crippen molar-refractivity contribution in [3.63, 3.8) is 0 Å². The van der Waals surface area contributed by atoms with Gasteiger partial charge in [0.1, 0.15) is 5.00 Å². The SMILES string of the molecule is c1cncc(CN2N(c3cc4ccccc4s3)NOC23CC2CCC3CC2)c1. The Morgan fingerprint density at radius 2 is 2.04 bits per heavy atom. The van der Waals surface area contributed by atoms with E-state index in [0.717, 1.165) is 18.9 Å². The van der Waals surface area contributed by atoms with Gasteiger partial charge in [-0.3, -0.25) is 9.82 Å². The summed E-state index contributed by atoms with van der Waals surface area (Å²) in [5, 5.41) is 7.03. The number of nitrogens with zero attached hydrogens (tertiary/aromatic N) is 3. The normalized spacial score (nSPS) is 29.9. The summed E-state index contributed by atoms with van der Waals surface area (Å²) in [6, 6.07) is 15.0. The van der Waals surface area contributed by atoms with E-state index in [-0.39, 0.29) is 5.72 Å². The van der Waals surface area contributed by atoms with Crippen molar-refractivity contribution >= 4 is 26.4 Å². The molecule has 1 N–H and O–H groups in total. The molecule has 6 heteroatoms. The van der Waals surface area contributed by atoms with Crippen molar-refractivity contribution in [2.75, 3.05) is 5.12 Å². The maximum Gasteiger partial charge on any atom is 0.166 e. The number of anilines is 1. The third-order valence-corrected chi connectivity index (χ3v) is 7.82. The molecule has 0 amide bonds. The molecular weight excluding hydrogens is 368 g/mol. The van der Waals surface area contributed by atoms with Gasteiger partial charge in [0.15, 0.2) is 5.72 Å². The second-order valence-corrected chi connectivity index (χ2v) is 9.38. The molecule has 2 aromatic heterocycles. The summed E-state index contributed by atoms with van der Waals surface area (Å²) in [6.45, 7) is 0.790. The van der Waals surface area contributed by atoms with E-state index in [1.807, 2.05) is 18.5 Å². The lowest BCUT2D eigenvalue weighted by Gasteiger charge is -2.51. The Hall–Kier alpha value is -1.99. The Kier molecular flexibility index (Phi) is 3.94. The summed E-state index contributed by atoms with van der Waals surface area (Å²) in [6.07, 6.45) is 10.1. The molecule has 1 saturated heterocycles. The molecule has 1 unspecified atom stereocenters. The number of thiophene rings is 1. The first-order chi connectivity index (χ1) is 13.8. The molecular formula is C22H24N4OS. The molecule has 1 aliphatic heterocycles. The first kappa shape index (κ1) is 16.9. The predicted molar refractivity (Wildman–Crippen MR) is 111 cm³/mol. The molecule has 5 nitrogen and oxygen atoms in total. The standard InChI is InChI=1S/C22H24N4OS/c1-2-6-20-18(5-1)12-21(28-20)26-24-27-22(13-16-7-9-19(22)10-8-16)25(26)15-17-4-3-11-23-14-17/h1-6,11-12,14,16,19,24H,7-10,13,15H2. The molecule has 2 bridgehead atoms. The molecule has 3 heterocycles. The number of fused-ring (bicyclic) bond motifs is 3. The highest BCUT2D eigenvalue weighted by molar-refractivity contribution is 7.22. The van der Waals surface area contributed by atoms with Gasteiger partial charge in [0.05, 0.1) is 0 Å². The van der Waals surface area contributed by atoms with E-state index in [0.29, 0.717) is 5.92 Å². The van der Waals surface area contributed by atoms with Gasteiger partial charge in [-0.05, 0) is 67.2 Å². The van der Waals surface area contributed by atoms with Crippen LogP contribution in [-0.4, -0.2) is 15.7 Å². The Balaban J connectivity index is 1.41. The number of aromatic nitrogens is 1. The van der Waals surface area contributed by atoms with Crippen LogP contribution in [0.2, 0.25) is 0 Å². The highest BCUT2D eigenvalue weighted by atomic mass is 32.1. The van der Waals surface area contributed by atoms with Gasteiger partial charge in [-0.25, -0.2) is 5.12 Å². The topological polar surface area (TPSA) is 40.6 Å². The van der Waals surface area contributed by atoms with Crippen LogP contribution in [0, 0.1) is 11.8 Å². The van der Waals surface area contributed by atoms with Crippen LogP contribution in [0.15, 0.2) is 54.9 Å². The Bertz CT molecular complexity index is 951. The van der Waals surface area contributed by atoms with Gasteiger partial charge >= 0.3 is 0 Å². The zero-order valence-electron chi connectivity index (χ0n) is 15.8. The number of pyridine rings is 1. The molecule has 1 spiro atoms. The number of rotatable bonds is 3. The summed E-state index contributed by atoms with van der Waals surface area (Å²) < 4.78 is 1.30. The van der Waals surface area contributed by atoms with Gasteiger partial charge in [0.25, 0.3) is 0 Å². The first-order valence-corrected chi connectivity index (χ1v) is 11.0. The van der Waals surface area contributed by atoms with Crippen LogP contribution < -0.4 is 10.7 Å². The zero-order chi connectivity index (χ0) is 18.6. The van der Waals surface area contributed by atoms with Gasteiger partial charge in [0, 0.05) is 29.6 Å². The third-order valence-electron chi connectivity index (χ3n) is 6.73. The fourth-order valence-corrected chi connectivity index (χ4v) is 6.36. The van der Waals surface area contributed by atoms with Crippen molar-refractivity contribution in [2.24, 2.45) is 11.8 Å². The minimum absolute atomic E-state index is 0.257. The highest BCUT2D eigenvalue weighted by Gasteiger charge is 2.58. The number of hydrazine groups is 2. The zero-order valence-corrected chi connectivity index (χ0v) is 16.6. The van der Waals surface area contributed by atoms with Crippen molar-refractivity contribution in [2.45, 2.75) is 44.4 Å². The summed E-state index contributed by atoms with van der Waals surface area (Å²) in [4.78, 5) is 10.8. The van der Waals surface area contributed by atoms with Gasteiger partial charge < -0.3 is 0 Å². The maximum atomic E-state index is 6.45. The van der Waals surface area contributed by atoms with Crippen LogP contribution in [0.3, 0.4) is 0 Å². The second kappa shape index (κ2) is 6.52. The van der Waals surface area contributed by atoms with E-state index < -0.39 is 0 Å². The number of benzene rings is 1. The number of nitrogens with one attached hydrogen (secondary N) is 1. The van der Waals surface area contributed by atoms with Crippen LogP contribution in [0.25, 0.3) is 10.1 Å². The first-order valence-electron chi connectivity index (χ1n) is 10.2. The van der Waals surface area contributed by atoms with Crippen molar-refractivity contribution in [3.05, 3.63) is 60.4 Å². The molecule has 1 aromatic carbocycles. The molecule has 4 aliphatic rings. The Morgan fingerprint density at radius 1 is 1.14 bits per heavy atom. The summed E-state index contributed by atoms with van der Waals surface area (Å²) >= 11 is 1.80. The fourth-order valence-electron chi connectivity index (χ4n) is 5.34. The average Bonchev–Trinajstić information content (AvgIpc) is 3.32. The highest BCUT2D eigenvalue weighted by Crippen LogP contribution is 2.53. The minimum Gasteiger partial charge on any atom is -0.264 e. The second-order valence-electron chi connectivity index (χ2n) is 8.31. The third kappa shape index (κ3) is 2.59. The number of hydrogen-bond acceptors (Lipinski definition) is 6. The lowest BCUT2D eigenvalue weighted by Crippen LogP contribution is -2.59. The molecule has 28 heavy (non-hydrogen) atoms. The fraction of sp³-hybridized carbons (Fsp3) is 0.409. The van der Waals surface area contributed by atoms with Gasteiger partial charge in [-0.1, -0.05) is 29.9 Å². The molecule has 144 valence electrons. The summed E-state index contributed by atoms with van der Waals surface area (Å²) in [5.74, 6) is 1.34. The van der Waals surface area contributed by atoms with Crippen molar-refractivity contribution in [1.29, 1.82) is 0 Å². The van der Waals surface area contributed by atoms with E-state index in [9.17, 15) is 0 Å². The van der Waals surface area contributed by atoms with Crippen molar-refractivity contribution in [1.82, 2.24) is 15.6 Å². The summed E-state index contributed by atoms with van der Waals surface area (Å²) in [7, 11) is 0. The van der Waals surface area contributed by atoms with Gasteiger partial charge in [-0.2, -0.15) is 5.01 Å². The van der Waals surface area contributed by atoms with Crippen LogP contribution in [-0.2, 0) is 11.4 Å². The number of hydrogen-bond donors (Lipinski definition) is 1. The van der Waals surface area contributed by atoms with Crippen LogP contribution >= 0.6 is 11.3 Å². The molecule has 0 radical (unpaired) electrons. The molecule has 3 aromatic rings. The lowest BCUT2D eigenvalue weighted by molar-refractivity contribution is -0.201. The van der Waals surface area contributed by atoms with Gasteiger partial charge in [-0.15, -0.1) is 11.3 Å². The van der Waals surface area contributed by atoms with E-state index >= 15 is 0 Å². The lowest BCUT2D eigenvalue weighted by atomic mass is 9.65. The van der Waals surface area contributed by atoms with Crippen LogP contribution in [0.5, 0.6) is 0 Å². The van der Waals surface area contributed by atoms with Crippen LogP contribution in [0.4, 0.5) is 5.00 Å². The molecule has 3 saturated carbocycles. The van der Waals surface area contributed by atoms with Crippen molar-refractivity contribution in [3.8, 4) is 0 Å².